The molecule has 0 radical (unpaired) electrons. The van der Waals surface area contributed by atoms with Crippen LogP contribution in [-0.2, 0) is 6.54 Å². The first kappa shape index (κ1) is 22.3. The Balaban J connectivity index is 1.75. The maximum absolute atomic E-state index is 13.5. The van der Waals surface area contributed by atoms with Crippen LogP contribution in [0.2, 0.25) is 0 Å². The molecule has 2 aromatic carbocycles. The lowest BCUT2D eigenvalue weighted by molar-refractivity contribution is 0.0987. The highest BCUT2D eigenvalue weighted by atomic mass is 16.2. The van der Waals surface area contributed by atoms with Crippen LogP contribution in [0, 0.1) is 0 Å². The van der Waals surface area contributed by atoms with Gasteiger partial charge >= 0.3 is 5.69 Å². The van der Waals surface area contributed by atoms with Crippen LogP contribution in [0.4, 0.5) is 11.5 Å². The number of allylic oxidation sites excluding steroid dienone is 1. The molecule has 7 heteroatoms. The fourth-order valence-electron chi connectivity index (χ4n) is 4.20. The van der Waals surface area contributed by atoms with Crippen LogP contribution in [0.5, 0.6) is 0 Å². The molecule has 0 atom stereocenters. The van der Waals surface area contributed by atoms with E-state index in [4.69, 9.17) is 5.73 Å². The van der Waals surface area contributed by atoms with E-state index in [9.17, 15) is 14.4 Å². The van der Waals surface area contributed by atoms with Crippen molar-refractivity contribution >= 4 is 17.4 Å². The maximum Gasteiger partial charge on any atom is 0.330 e. The number of hydrogen-bond donors (Lipinski definition) is 2. The number of nitrogen functional groups attached to an aromatic ring is 1. The highest BCUT2D eigenvalue weighted by molar-refractivity contribution is 6.07. The molecule has 1 aromatic heterocycles. The molecule has 1 aliphatic carbocycles. The minimum Gasteiger partial charge on any atom is -0.383 e. The van der Waals surface area contributed by atoms with Crippen molar-refractivity contribution in [2.45, 2.75) is 38.6 Å². The largest absolute Gasteiger partial charge is 0.383 e. The molecule has 0 fully saturated rings. The lowest BCUT2D eigenvalue weighted by Crippen LogP contribution is -2.42. The Hall–Kier alpha value is -3.87. The van der Waals surface area contributed by atoms with Crippen molar-refractivity contribution in [3.05, 3.63) is 104 Å². The first-order valence-corrected chi connectivity index (χ1v) is 11.3. The standard InChI is InChI=1S/C26H28N4O3/c27-23-22(24(31)28-26(33)30(23)18-20-12-6-2-7-13-20)29(17-16-19-10-4-1-5-11-19)25(32)21-14-8-3-9-15-21/h2-3,6-10,12-15H,1,4-5,11,16-18,27H2,(H,28,31,33). The first-order valence-electron chi connectivity index (χ1n) is 11.3. The predicted molar refractivity (Wildman–Crippen MR) is 131 cm³/mol. The lowest BCUT2D eigenvalue weighted by Gasteiger charge is -2.26. The molecule has 33 heavy (non-hydrogen) atoms. The fourth-order valence-corrected chi connectivity index (χ4v) is 4.20. The summed E-state index contributed by atoms with van der Waals surface area (Å²) < 4.78 is 1.30. The second-order valence-electron chi connectivity index (χ2n) is 8.25. The van der Waals surface area contributed by atoms with Crippen molar-refractivity contribution in [1.29, 1.82) is 0 Å². The number of amides is 1. The third kappa shape index (κ3) is 5.14. The lowest BCUT2D eigenvalue weighted by atomic mass is 9.97. The number of aromatic amines is 1. The van der Waals surface area contributed by atoms with Crippen molar-refractivity contribution in [3.8, 4) is 0 Å². The zero-order valence-corrected chi connectivity index (χ0v) is 18.5. The number of anilines is 2. The highest BCUT2D eigenvalue weighted by Crippen LogP contribution is 2.24. The van der Waals surface area contributed by atoms with E-state index >= 15 is 0 Å². The van der Waals surface area contributed by atoms with Gasteiger partial charge in [-0.15, -0.1) is 0 Å². The highest BCUT2D eigenvalue weighted by Gasteiger charge is 2.25. The minimum absolute atomic E-state index is 0.00999. The van der Waals surface area contributed by atoms with E-state index < -0.39 is 11.2 Å². The molecule has 0 saturated carbocycles. The Kier molecular flexibility index (Phi) is 6.88. The van der Waals surface area contributed by atoms with Gasteiger partial charge in [0.1, 0.15) is 5.82 Å². The summed E-state index contributed by atoms with van der Waals surface area (Å²) in [7, 11) is 0. The van der Waals surface area contributed by atoms with Crippen LogP contribution in [0.25, 0.3) is 0 Å². The number of H-pyrrole nitrogens is 1. The van der Waals surface area contributed by atoms with Crippen LogP contribution in [0.3, 0.4) is 0 Å². The van der Waals surface area contributed by atoms with Crippen molar-refractivity contribution in [3.63, 3.8) is 0 Å². The number of carbonyl (C=O) groups is 1. The van der Waals surface area contributed by atoms with Crippen LogP contribution in [-0.4, -0.2) is 22.0 Å². The molecule has 170 valence electrons. The van der Waals surface area contributed by atoms with Gasteiger partial charge in [0.15, 0.2) is 5.69 Å². The maximum atomic E-state index is 13.5. The van der Waals surface area contributed by atoms with Crippen LogP contribution >= 0.6 is 0 Å². The van der Waals surface area contributed by atoms with Gasteiger partial charge in [0, 0.05) is 12.1 Å². The Morgan fingerprint density at radius 1 is 1.00 bits per heavy atom. The van der Waals surface area contributed by atoms with Crippen LogP contribution < -0.4 is 21.9 Å². The van der Waals surface area contributed by atoms with E-state index in [1.807, 2.05) is 36.4 Å². The quantitative estimate of drug-likeness (QED) is 0.543. The van der Waals surface area contributed by atoms with Gasteiger partial charge in [0.05, 0.1) is 6.54 Å². The second-order valence-corrected chi connectivity index (χ2v) is 8.25. The van der Waals surface area contributed by atoms with Crippen molar-refractivity contribution in [2.75, 3.05) is 17.2 Å². The summed E-state index contributed by atoms with van der Waals surface area (Å²) in [6.45, 7) is 0.490. The minimum atomic E-state index is -0.663. The summed E-state index contributed by atoms with van der Waals surface area (Å²) in [5, 5.41) is 0. The van der Waals surface area contributed by atoms with Gasteiger partial charge in [-0.25, -0.2) is 4.79 Å². The number of hydrogen-bond acceptors (Lipinski definition) is 4. The number of nitrogens with two attached hydrogens (primary N) is 1. The summed E-state index contributed by atoms with van der Waals surface area (Å²) in [5.41, 5.74) is 7.72. The van der Waals surface area contributed by atoms with E-state index in [0.29, 0.717) is 18.5 Å². The predicted octanol–water partition coefficient (Wildman–Crippen LogP) is 3.70. The molecular weight excluding hydrogens is 416 g/mol. The molecule has 1 amide bonds. The molecule has 0 bridgehead atoms. The van der Waals surface area contributed by atoms with E-state index in [1.165, 1.54) is 21.5 Å². The van der Waals surface area contributed by atoms with Gasteiger partial charge in [0.2, 0.25) is 0 Å². The van der Waals surface area contributed by atoms with E-state index in [2.05, 4.69) is 11.1 Å². The first-order chi connectivity index (χ1) is 16.0. The molecule has 4 rings (SSSR count). The zero-order chi connectivity index (χ0) is 23.2. The van der Waals surface area contributed by atoms with Crippen molar-refractivity contribution < 1.29 is 4.79 Å². The summed E-state index contributed by atoms with van der Waals surface area (Å²) >= 11 is 0. The van der Waals surface area contributed by atoms with Crippen LogP contribution in [0.1, 0.15) is 48.0 Å². The number of nitrogens with one attached hydrogen (secondary N) is 1. The fraction of sp³-hybridized carbons (Fsp3) is 0.269. The summed E-state index contributed by atoms with van der Waals surface area (Å²) in [4.78, 5) is 42.8. The number of carbonyl (C=O) groups excluding carboxylic acids is 1. The van der Waals surface area contributed by atoms with Gasteiger partial charge in [-0.2, -0.15) is 0 Å². The average molecular weight is 445 g/mol. The Morgan fingerprint density at radius 3 is 2.36 bits per heavy atom. The molecule has 0 aliphatic heterocycles. The Bertz CT molecular complexity index is 1260. The number of aromatic nitrogens is 2. The molecule has 1 heterocycles. The summed E-state index contributed by atoms with van der Waals surface area (Å²) in [5.74, 6) is -0.344. The molecule has 7 nitrogen and oxygen atoms in total. The summed E-state index contributed by atoms with van der Waals surface area (Å²) in [6, 6.07) is 18.2. The summed E-state index contributed by atoms with van der Waals surface area (Å²) in [6.07, 6.45) is 7.20. The molecule has 3 aromatic rings. The van der Waals surface area contributed by atoms with Gasteiger partial charge in [0.25, 0.3) is 11.5 Å². The molecule has 1 aliphatic rings. The van der Waals surface area contributed by atoms with E-state index in [1.54, 1.807) is 24.3 Å². The number of benzene rings is 2. The van der Waals surface area contributed by atoms with Crippen LogP contribution in [0.15, 0.2) is 81.9 Å². The third-order valence-electron chi connectivity index (χ3n) is 5.97. The molecule has 0 saturated heterocycles. The Labute approximate surface area is 192 Å². The Morgan fingerprint density at radius 2 is 1.70 bits per heavy atom. The molecule has 0 unspecified atom stereocenters. The molecule has 0 spiro atoms. The van der Waals surface area contributed by atoms with Gasteiger partial charge in [-0.3, -0.25) is 19.1 Å². The zero-order valence-electron chi connectivity index (χ0n) is 18.5. The van der Waals surface area contributed by atoms with Crippen molar-refractivity contribution in [2.24, 2.45) is 0 Å². The second kappa shape index (κ2) is 10.2. The van der Waals surface area contributed by atoms with Gasteiger partial charge < -0.3 is 10.6 Å². The number of rotatable bonds is 7. The smallest absolute Gasteiger partial charge is 0.330 e. The third-order valence-corrected chi connectivity index (χ3v) is 5.97. The van der Waals surface area contributed by atoms with E-state index in [0.717, 1.165) is 24.8 Å². The number of nitrogens with zero attached hydrogens (tertiary/aromatic N) is 2. The monoisotopic (exact) mass is 444 g/mol. The normalized spacial score (nSPS) is 13.4. The van der Waals surface area contributed by atoms with Gasteiger partial charge in [-0.05, 0) is 49.8 Å². The van der Waals surface area contributed by atoms with Gasteiger partial charge in [-0.1, -0.05) is 60.2 Å². The van der Waals surface area contributed by atoms with E-state index in [-0.39, 0.29) is 24.0 Å². The molecular formula is C26H28N4O3. The average Bonchev–Trinajstić information content (AvgIpc) is 2.85. The topological polar surface area (TPSA) is 101 Å². The SMILES string of the molecule is Nc1c(N(CCC2=CCCCC2)C(=O)c2ccccc2)c(=O)[nH]c(=O)n1Cc1ccccc1. The van der Waals surface area contributed by atoms with Crippen molar-refractivity contribution in [1.82, 2.24) is 9.55 Å². The molecule has 3 N–H and O–H groups in total.